The van der Waals surface area contributed by atoms with Crippen molar-refractivity contribution >= 4 is 34.3 Å². The lowest BCUT2D eigenvalue weighted by Gasteiger charge is -2.37. The van der Waals surface area contributed by atoms with E-state index in [1.807, 2.05) is 103 Å². The number of aryl methyl sites for hydroxylation is 2. The number of hydrogen-bond donors (Lipinski definition) is 3. The normalized spacial score (nSPS) is 13.7. The van der Waals surface area contributed by atoms with Gasteiger partial charge in [0, 0.05) is 72.4 Å². The lowest BCUT2D eigenvalue weighted by Crippen LogP contribution is -2.24. The molecule has 596 valence electrons. The van der Waals surface area contributed by atoms with E-state index in [1.165, 1.54) is 35.1 Å². The molecule has 17 nitrogen and oxygen atoms in total. The van der Waals surface area contributed by atoms with Crippen LogP contribution in [0.15, 0.2) is 109 Å². The molecule has 0 saturated carbocycles. The number of fused-ring (bicyclic) bond motifs is 1. The number of aliphatic hydroxyl groups excluding tert-OH is 2. The Morgan fingerprint density at radius 2 is 0.925 bits per heavy atom. The van der Waals surface area contributed by atoms with Crippen LogP contribution >= 0.6 is 0 Å². The number of anilines is 1. The van der Waals surface area contributed by atoms with Crippen LogP contribution in [0.25, 0.3) is 10.8 Å². The molecule has 0 fully saturated rings. The minimum absolute atomic E-state index is 0. The van der Waals surface area contributed by atoms with Crippen molar-refractivity contribution in [1.82, 2.24) is 0 Å². The van der Waals surface area contributed by atoms with Crippen LogP contribution in [0.3, 0.4) is 0 Å². The number of rotatable bonds is 35. The van der Waals surface area contributed by atoms with E-state index in [4.69, 9.17) is 52.1 Å². The molecular formula is C90H135NO16. The van der Waals surface area contributed by atoms with Crippen LogP contribution in [-0.2, 0) is 72.5 Å². The number of nitrogens with one attached hydrogen (secondary N) is 1. The molecule has 5 atom stereocenters. The number of ether oxygens (including phenoxy) is 11. The molecule has 7 aromatic carbocycles. The molecule has 1 amide bonds. The van der Waals surface area contributed by atoms with Crippen LogP contribution < -0.4 is 33.7 Å². The first-order valence-electron chi connectivity index (χ1n) is 36.3. The smallest absolute Gasteiger partial charge is 0.338 e. The highest BCUT2D eigenvalue weighted by atomic mass is 16.6. The quantitative estimate of drug-likeness (QED) is 0.0192. The maximum absolute atomic E-state index is 13.1. The lowest BCUT2D eigenvalue weighted by molar-refractivity contribution is -0.138. The SMILES string of the molecule is C.C.C.C.C.C.CCC(C)C(=O)Nc1ccc(OCCOc2c(COC)cc(C)cc2COC)cc1.CCC(C)c1ccc(C(=O)OCCOc2c(C(C)O)c3c4c(c2C(C)O)CCCC4CCC3)c2ccccc12.CCOCc1cc(C)cc(COCC)c1OCCOc1ccc(OC(=O)C(C)CC)cc1. The zero-order chi connectivity index (χ0) is 73.0. The first-order valence-corrected chi connectivity index (χ1v) is 36.3. The van der Waals surface area contributed by atoms with Crippen LogP contribution in [-0.4, -0.2) is 95.1 Å². The van der Waals surface area contributed by atoms with Gasteiger partial charge < -0.3 is 67.6 Å². The molecule has 0 aromatic heterocycles. The van der Waals surface area contributed by atoms with E-state index in [2.05, 4.69) is 56.4 Å². The van der Waals surface area contributed by atoms with Gasteiger partial charge in [0.05, 0.1) is 50.1 Å². The summed E-state index contributed by atoms with van der Waals surface area (Å²) in [6, 6.07) is 34.6. The van der Waals surface area contributed by atoms with Gasteiger partial charge in [-0.2, -0.15) is 0 Å². The first-order chi connectivity index (χ1) is 48.8. The predicted octanol–water partition coefficient (Wildman–Crippen LogP) is 21.5. The fraction of sp³-hybridized carbons (Fsp3) is 0.522. The van der Waals surface area contributed by atoms with Gasteiger partial charge in [-0.25, -0.2) is 4.79 Å². The van der Waals surface area contributed by atoms with Crippen molar-refractivity contribution in [2.75, 3.05) is 72.4 Å². The highest BCUT2D eigenvalue weighted by Gasteiger charge is 2.36. The summed E-state index contributed by atoms with van der Waals surface area (Å²) in [4.78, 5) is 37.0. The molecule has 2 aliphatic rings. The topological polar surface area (TPSA) is 205 Å². The van der Waals surface area contributed by atoms with E-state index in [0.717, 1.165) is 123 Å². The first kappa shape index (κ1) is 97.0. The summed E-state index contributed by atoms with van der Waals surface area (Å²) in [6.07, 6.45) is 7.55. The standard InChI is InChI=1S/C34H42O5.C26H36O6.C24H33NO5.6CH4/c1-5-20(2)24-16-17-27(26-13-7-6-12-25(24)26)34(37)39-19-18-38-33-30(21(3)35)28-14-8-10-23-11-9-15-29(32(23)28)31(33)22(4)36;1-6-20(5)26(27)32-24-11-9-23(10-12-24)30-13-14-31-25-21(17-28-7-2)15-19(4)16-22(25)18-29-8-3;1-6-18(3)24(26)25-21-7-9-22(10-8-21)29-11-12-30-23-19(15-27-4)13-17(2)14-20(23)16-28-5;;;;;;/h6-7,12-13,16-17,20-23,35-36H,5,8-11,14-15,18-19H2,1-4H3;9-12,15-16,20H,6-8,13-14,17-18H2,1-5H3;7-10,13-14,18H,6,11-12,15-16H2,1-5H3,(H,25,26);6*1H4. The molecule has 0 aliphatic heterocycles. The Morgan fingerprint density at radius 1 is 0.495 bits per heavy atom. The van der Waals surface area contributed by atoms with E-state index in [0.29, 0.717) is 101 Å². The molecule has 0 saturated heterocycles. The Labute approximate surface area is 644 Å². The number of hydrogen-bond acceptors (Lipinski definition) is 16. The van der Waals surface area contributed by atoms with Gasteiger partial charge in [-0.1, -0.05) is 152 Å². The van der Waals surface area contributed by atoms with Crippen LogP contribution in [0.2, 0.25) is 0 Å². The van der Waals surface area contributed by atoms with Crippen LogP contribution in [0.4, 0.5) is 5.69 Å². The van der Waals surface area contributed by atoms with Gasteiger partial charge in [-0.15, -0.1) is 0 Å². The molecule has 0 bridgehead atoms. The van der Waals surface area contributed by atoms with Crippen molar-refractivity contribution in [2.45, 2.75) is 236 Å². The number of aliphatic hydroxyl groups is 2. The Bertz CT molecular complexity index is 3650. The summed E-state index contributed by atoms with van der Waals surface area (Å²) in [7, 11) is 3.33. The van der Waals surface area contributed by atoms with Crippen molar-refractivity contribution in [1.29, 1.82) is 0 Å². The zero-order valence-corrected chi connectivity index (χ0v) is 62.3. The second kappa shape index (κ2) is 49.8. The largest absolute Gasteiger partial charge is 0.490 e. The van der Waals surface area contributed by atoms with Gasteiger partial charge in [0.1, 0.15) is 74.1 Å². The Hall–Kier alpha value is -8.03. The maximum Gasteiger partial charge on any atom is 0.338 e. The maximum atomic E-state index is 13.1. The summed E-state index contributed by atoms with van der Waals surface area (Å²) in [5.41, 5.74) is 14.2. The molecule has 7 aromatic rings. The second-order valence-corrected chi connectivity index (χ2v) is 26.3. The average molecular weight is 1490 g/mol. The molecule has 107 heavy (non-hydrogen) atoms. The number of carbonyl (C=O) groups is 3. The van der Waals surface area contributed by atoms with Gasteiger partial charge in [0.2, 0.25) is 5.91 Å². The van der Waals surface area contributed by atoms with Crippen molar-refractivity contribution < 1.29 is 76.7 Å². The molecule has 2 aliphatic carbocycles. The molecule has 0 spiro atoms. The van der Waals surface area contributed by atoms with Gasteiger partial charge >= 0.3 is 11.9 Å². The Morgan fingerprint density at radius 3 is 1.37 bits per heavy atom. The summed E-state index contributed by atoms with van der Waals surface area (Å²) < 4.78 is 62.9. The third-order valence-corrected chi connectivity index (χ3v) is 18.6. The fourth-order valence-corrected chi connectivity index (χ4v) is 13.0. The van der Waals surface area contributed by atoms with Crippen molar-refractivity contribution in [3.8, 4) is 34.5 Å². The van der Waals surface area contributed by atoms with Gasteiger partial charge in [-0.05, 0) is 199 Å². The fourth-order valence-electron chi connectivity index (χ4n) is 13.0. The third-order valence-electron chi connectivity index (χ3n) is 18.6. The Balaban J connectivity index is 0.000000789. The Kier molecular flexibility index (Phi) is 45.2. The lowest BCUT2D eigenvalue weighted by atomic mass is 9.69. The summed E-state index contributed by atoms with van der Waals surface area (Å²) >= 11 is 0. The number of amides is 1. The molecular weight excluding hydrogens is 1350 g/mol. The van der Waals surface area contributed by atoms with E-state index in [1.54, 1.807) is 52.3 Å². The highest BCUT2D eigenvalue weighted by Crippen LogP contribution is 2.51. The number of benzene rings is 7. The van der Waals surface area contributed by atoms with Crippen LogP contribution in [0.1, 0.15) is 260 Å². The third kappa shape index (κ3) is 27.6. The molecule has 9 rings (SSSR count). The van der Waals surface area contributed by atoms with E-state index in [9.17, 15) is 24.6 Å². The number of esters is 2. The van der Waals surface area contributed by atoms with Crippen molar-refractivity contribution in [3.05, 3.63) is 182 Å². The van der Waals surface area contributed by atoms with Crippen molar-refractivity contribution in [3.63, 3.8) is 0 Å². The van der Waals surface area contributed by atoms with E-state index >= 15 is 0 Å². The number of methoxy groups -OCH3 is 2. The minimum atomic E-state index is -0.712. The molecule has 17 heteroatoms. The van der Waals surface area contributed by atoms with Crippen molar-refractivity contribution in [2.24, 2.45) is 11.8 Å². The van der Waals surface area contributed by atoms with E-state index < -0.39 is 12.2 Å². The summed E-state index contributed by atoms with van der Waals surface area (Å²) in [5.74, 6) is 4.29. The minimum Gasteiger partial charge on any atom is -0.490 e. The summed E-state index contributed by atoms with van der Waals surface area (Å²) in [5, 5.41) is 26.6. The molecule has 0 heterocycles. The highest BCUT2D eigenvalue weighted by molar-refractivity contribution is 6.05. The zero-order valence-electron chi connectivity index (χ0n) is 62.3. The van der Waals surface area contributed by atoms with Gasteiger partial charge in [0.25, 0.3) is 0 Å². The average Bonchev–Trinajstić information content (AvgIpc) is 0.735. The van der Waals surface area contributed by atoms with Crippen LogP contribution in [0, 0.1) is 25.7 Å². The molecule has 3 N–H and O–H groups in total. The second-order valence-electron chi connectivity index (χ2n) is 26.3. The van der Waals surface area contributed by atoms with Gasteiger partial charge in [-0.3, -0.25) is 9.59 Å². The molecule has 0 radical (unpaired) electrons. The van der Waals surface area contributed by atoms with E-state index in [-0.39, 0.29) is 87.5 Å². The number of carbonyl (C=O) groups excluding carboxylic acids is 3. The monoisotopic (exact) mass is 1490 g/mol. The predicted molar refractivity (Wildman–Crippen MR) is 438 cm³/mol. The van der Waals surface area contributed by atoms with Gasteiger partial charge in [0.15, 0.2) is 0 Å². The molecule has 5 unspecified atom stereocenters. The van der Waals surface area contributed by atoms with Crippen LogP contribution in [0.5, 0.6) is 34.5 Å². The summed E-state index contributed by atoms with van der Waals surface area (Å²) in [6.45, 7) is 28.7.